The van der Waals surface area contributed by atoms with Crippen LogP contribution < -0.4 is 5.32 Å². The molecule has 3 rings (SSSR count). The summed E-state index contributed by atoms with van der Waals surface area (Å²) in [4.78, 5) is 19.0. The Labute approximate surface area is 119 Å². The van der Waals surface area contributed by atoms with Gasteiger partial charge >= 0.3 is 5.97 Å². The number of aromatic carboxylic acids is 1. The highest BCUT2D eigenvalue weighted by Gasteiger charge is 2.07. The van der Waals surface area contributed by atoms with E-state index >= 15 is 0 Å². The molecule has 0 aromatic carbocycles. The van der Waals surface area contributed by atoms with Crippen LogP contribution in [0.4, 0.5) is 5.69 Å². The molecule has 0 bridgehead atoms. The fourth-order valence-electron chi connectivity index (χ4n) is 1.81. The molecule has 0 atom stereocenters. The molecule has 0 unspecified atom stereocenters. The van der Waals surface area contributed by atoms with Crippen molar-refractivity contribution in [2.75, 3.05) is 5.32 Å². The SMILES string of the molecule is O=C(O)c1coc(CNc2ccc(-n3ccnc3)nc2)c1. The molecule has 0 fully saturated rings. The number of carboxylic acids is 1. The highest BCUT2D eigenvalue weighted by molar-refractivity contribution is 5.87. The summed E-state index contributed by atoms with van der Waals surface area (Å²) < 4.78 is 6.96. The highest BCUT2D eigenvalue weighted by Crippen LogP contribution is 2.13. The molecular weight excluding hydrogens is 272 g/mol. The summed E-state index contributed by atoms with van der Waals surface area (Å²) in [6, 6.07) is 5.22. The molecule has 0 aliphatic rings. The average Bonchev–Trinajstić information content (AvgIpc) is 3.17. The van der Waals surface area contributed by atoms with E-state index in [-0.39, 0.29) is 5.56 Å². The standard InChI is InChI=1S/C14H12N4O3/c19-14(20)10-5-12(21-8-10)7-16-11-1-2-13(17-6-11)18-4-3-15-9-18/h1-6,8-9,16H,7H2,(H,19,20). The summed E-state index contributed by atoms with van der Waals surface area (Å²) in [7, 11) is 0. The maximum atomic E-state index is 10.7. The van der Waals surface area contributed by atoms with E-state index in [1.165, 1.54) is 12.3 Å². The number of carbonyl (C=O) groups is 1. The van der Waals surface area contributed by atoms with Gasteiger partial charge in [0, 0.05) is 12.4 Å². The normalized spacial score (nSPS) is 10.5. The van der Waals surface area contributed by atoms with Gasteiger partial charge in [-0.25, -0.2) is 14.8 Å². The largest absolute Gasteiger partial charge is 0.478 e. The number of carboxylic acid groups (broad SMARTS) is 1. The van der Waals surface area contributed by atoms with Crippen LogP contribution in [0.15, 0.2) is 53.8 Å². The molecule has 2 N–H and O–H groups in total. The van der Waals surface area contributed by atoms with E-state index in [1.54, 1.807) is 23.3 Å². The zero-order valence-corrected chi connectivity index (χ0v) is 10.9. The van der Waals surface area contributed by atoms with Crippen LogP contribution in [0.25, 0.3) is 5.82 Å². The third-order valence-electron chi connectivity index (χ3n) is 2.88. The number of nitrogens with one attached hydrogen (secondary N) is 1. The van der Waals surface area contributed by atoms with Gasteiger partial charge in [0.1, 0.15) is 24.2 Å². The van der Waals surface area contributed by atoms with Crippen LogP contribution in [-0.2, 0) is 6.54 Å². The molecule has 0 radical (unpaired) electrons. The second-order valence-electron chi connectivity index (χ2n) is 4.34. The van der Waals surface area contributed by atoms with Gasteiger partial charge in [-0.15, -0.1) is 0 Å². The number of anilines is 1. The number of imidazole rings is 1. The maximum Gasteiger partial charge on any atom is 0.338 e. The predicted molar refractivity (Wildman–Crippen MR) is 74.4 cm³/mol. The molecule has 0 spiro atoms. The minimum atomic E-state index is -1.00. The predicted octanol–water partition coefficient (Wildman–Crippen LogP) is 2.17. The number of furan rings is 1. The minimum Gasteiger partial charge on any atom is -0.478 e. The Bertz CT molecular complexity index is 732. The third kappa shape index (κ3) is 2.92. The van der Waals surface area contributed by atoms with Gasteiger partial charge in [0.2, 0.25) is 0 Å². The topological polar surface area (TPSA) is 93.2 Å². The van der Waals surface area contributed by atoms with Crippen molar-refractivity contribution in [3.63, 3.8) is 0 Å². The monoisotopic (exact) mass is 284 g/mol. The average molecular weight is 284 g/mol. The summed E-state index contributed by atoms with van der Waals surface area (Å²) in [6.45, 7) is 0.388. The Balaban J connectivity index is 1.64. The molecule has 3 heterocycles. The molecule has 7 heteroatoms. The first-order valence-corrected chi connectivity index (χ1v) is 6.21. The fraction of sp³-hybridized carbons (Fsp3) is 0.0714. The molecule has 21 heavy (non-hydrogen) atoms. The van der Waals surface area contributed by atoms with Gasteiger partial charge in [-0.2, -0.15) is 0 Å². The quantitative estimate of drug-likeness (QED) is 0.745. The molecule has 0 aliphatic heterocycles. The first-order chi connectivity index (χ1) is 10.2. The molecule has 3 aromatic rings. The second-order valence-corrected chi connectivity index (χ2v) is 4.34. The van der Waals surface area contributed by atoms with Gasteiger partial charge in [-0.3, -0.25) is 4.57 Å². The number of aromatic nitrogens is 3. The first-order valence-electron chi connectivity index (χ1n) is 6.21. The Hall–Kier alpha value is -3.09. The number of rotatable bonds is 5. The second kappa shape index (κ2) is 5.49. The van der Waals surface area contributed by atoms with Gasteiger partial charge < -0.3 is 14.8 Å². The van der Waals surface area contributed by atoms with E-state index in [1.807, 2.05) is 18.3 Å². The van der Waals surface area contributed by atoms with Gasteiger partial charge in [-0.1, -0.05) is 0 Å². The highest BCUT2D eigenvalue weighted by atomic mass is 16.4. The summed E-state index contributed by atoms with van der Waals surface area (Å²) >= 11 is 0. The van der Waals surface area contributed by atoms with E-state index in [4.69, 9.17) is 9.52 Å². The lowest BCUT2D eigenvalue weighted by molar-refractivity contribution is 0.0696. The van der Waals surface area contributed by atoms with E-state index < -0.39 is 5.97 Å². The molecule has 0 saturated carbocycles. The zero-order chi connectivity index (χ0) is 14.7. The lowest BCUT2D eigenvalue weighted by Crippen LogP contribution is -2.00. The number of hydrogen-bond acceptors (Lipinski definition) is 5. The zero-order valence-electron chi connectivity index (χ0n) is 10.9. The van der Waals surface area contributed by atoms with Gasteiger partial charge in [0.25, 0.3) is 0 Å². The number of hydrogen-bond donors (Lipinski definition) is 2. The Morgan fingerprint density at radius 2 is 2.33 bits per heavy atom. The van der Waals surface area contributed by atoms with Crippen molar-refractivity contribution in [2.45, 2.75) is 6.54 Å². The van der Waals surface area contributed by atoms with Crippen molar-refractivity contribution in [3.05, 3.63) is 60.7 Å². The molecule has 0 amide bonds. The molecule has 7 nitrogen and oxygen atoms in total. The van der Waals surface area contributed by atoms with Crippen molar-refractivity contribution < 1.29 is 14.3 Å². The van der Waals surface area contributed by atoms with Crippen LogP contribution in [-0.4, -0.2) is 25.6 Å². The summed E-state index contributed by atoms with van der Waals surface area (Å²) in [5.74, 6) is 0.312. The molecule has 106 valence electrons. The summed E-state index contributed by atoms with van der Waals surface area (Å²) in [6.07, 6.45) is 8.08. The van der Waals surface area contributed by atoms with Crippen molar-refractivity contribution in [3.8, 4) is 5.82 Å². The van der Waals surface area contributed by atoms with Crippen molar-refractivity contribution in [2.24, 2.45) is 0 Å². The Kier molecular flexibility index (Phi) is 3.38. The van der Waals surface area contributed by atoms with E-state index in [9.17, 15) is 4.79 Å². The third-order valence-corrected chi connectivity index (χ3v) is 2.88. The minimum absolute atomic E-state index is 0.139. The van der Waals surface area contributed by atoms with Crippen LogP contribution in [0, 0.1) is 0 Å². The van der Waals surface area contributed by atoms with Crippen molar-refractivity contribution in [1.29, 1.82) is 0 Å². The van der Waals surface area contributed by atoms with Crippen molar-refractivity contribution >= 4 is 11.7 Å². The van der Waals surface area contributed by atoms with E-state index in [0.29, 0.717) is 12.3 Å². The smallest absolute Gasteiger partial charge is 0.338 e. The van der Waals surface area contributed by atoms with E-state index in [0.717, 1.165) is 11.5 Å². The fourth-order valence-corrected chi connectivity index (χ4v) is 1.81. The Morgan fingerprint density at radius 1 is 1.43 bits per heavy atom. The number of pyridine rings is 1. The first kappa shape index (κ1) is 12.9. The van der Waals surface area contributed by atoms with Crippen LogP contribution in [0.5, 0.6) is 0 Å². The molecule has 0 saturated heterocycles. The van der Waals surface area contributed by atoms with Crippen LogP contribution in [0.2, 0.25) is 0 Å². The van der Waals surface area contributed by atoms with Crippen molar-refractivity contribution in [1.82, 2.24) is 14.5 Å². The summed E-state index contributed by atoms with van der Waals surface area (Å²) in [5, 5.41) is 11.9. The number of nitrogens with zero attached hydrogens (tertiary/aromatic N) is 3. The molecule has 0 aliphatic carbocycles. The maximum absolute atomic E-state index is 10.7. The molecule has 3 aromatic heterocycles. The van der Waals surface area contributed by atoms with Crippen LogP contribution in [0.3, 0.4) is 0 Å². The van der Waals surface area contributed by atoms with Gasteiger partial charge in [-0.05, 0) is 18.2 Å². The Morgan fingerprint density at radius 3 is 2.95 bits per heavy atom. The van der Waals surface area contributed by atoms with Gasteiger partial charge in [0.05, 0.1) is 24.0 Å². The van der Waals surface area contributed by atoms with Crippen LogP contribution >= 0.6 is 0 Å². The lowest BCUT2D eigenvalue weighted by Gasteiger charge is -2.05. The lowest BCUT2D eigenvalue weighted by atomic mass is 10.3. The molecular formula is C14H12N4O3. The summed E-state index contributed by atoms with van der Waals surface area (Å²) in [5.41, 5.74) is 0.951. The van der Waals surface area contributed by atoms with Crippen LogP contribution in [0.1, 0.15) is 16.1 Å². The van der Waals surface area contributed by atoms with Gasteiger partial charge in [0.15, 0.2) is 0 Å². The van der Waals surface area contributed by atoms with E-state index in [2.05, 4.69) is 15.3 Å².